The largest absolute Gasteiger partial charge is 0.490 e. The zero-order valence-corrected chi connectivity index (χ0v) is 19.8. The van der Waals surface area contributed by atoms with Crippen LogP contribution in [0.2, 0.25) is 0 Å². The number of rotatable bonds is 14. The molecule has 0 spiro atoms. The molecule has 30 heavy (non-hydrogen) atoms. The average molecular weight is 443 g/mol. The first-order chi connectivity index (χ1) is 14.4. The molecule has 0 saturated heterocycles. The van der Waals surface area contributed by atoms with Gasteiger partial charge in [0, 0.05) is 33.2 Å². The number of hydrogen-bond donors (Lipinski definition) is 2. The van der Waals surface area contributed by atoms with E-state index in [9.17, 15) is 8.42 Å². The van der Waals surface area contributed by atoms with Crippen LogP contribution >= 0.6 is 0 Å². The van der Waals surface area contributed by atoms with Crippen molar-refractivity contribution in [3.63, 3.8) is 0 Å². The Kier molecular flexibility index (Phi) is 12.2. The molecule has 1 rings (SSSR count). The highest BCUT2D eigenvalue weighted by Gasteiger charge is 2.13. The van der Waals surface area contributed by atoms with Crippen LogP contribution in [0.3, 0.4) is 0 Å². The van der Waals surface area contributed by atoms with Gasteiger partial charge in [-0.15, -0.1) is 0 Å². The molecule has 0 aliphatic heterocycles. The summed E-state index contributed by atoms with van der Waals surface area (Å²) >= 11 is 0. The second-order valence-corrected chi connectivity index (χ2v) is 9.02. The monoisotopic (exact) mass is 442 g/mol. The van der Waals surface area contributed by atoms with Crippen molar-refractivity contribution >= 4 is 16.0 Å². The van der Waals surface area contributed by atoms with Gasteiger partial charge in [-0.1, -0.05) is 6.07 Å². The van der Waals surface area contributed by atoms with E-state index in [0.717, 1.165) is 42.5 Å². The molecule has 0 radical (unpaired) electrons. The second kappa shape index (κ2) is 14.1. The van der Waals surface area contributed by atoms with Gasteiger partial charge in [0.25, 0.3) is 0 Å². The van der Waals surface area contributed by atoms with Crippen molar-refractivity contribution in [2.45, 2.75) is 40.5 Å². The van der Waals surface area contributed by atoms with E-state index in [1.807, 2.05) is 39.0 Å². The Labute approximate surface area is 182 Å². The number of aliphatic imine (C=N–C) groups is 1. The predicted octanol–water partition coefficient (Wildman–Crippen LogP) is 2.25. The van der Waals surface area contributed by atoms with Crippen molar-refractivity contribution in [3.05, 3.63) is 23.8 Å². The molecule has 0 aliphatic rings. The Balaban J connectivity index is 2.56. The lowest BCUT2D eigenvalue weighted by Crippen LogP contribution is -2.38. The lowest BCUT2D eigenvalue weighted by molar-refractivity contribution is 0.287. The number of hydrogen-bond acceptors (Lipinski definition) is 5. The van der Waals surface area contributed by atoms with Crippen LogP contribution in [0.1, 0.15) is 39.7 Å². The van der Waals surface area contributed by atoms with Gasteiger partial charge in [-0.2, -0.15) is 0 Å². The van der Waals surface area contributed by atoms with E-state index < -0.39 is 10.0 Å². The summed E-state index contributed by atoms with van der Waals surface area (Å²) in [7, 11) is -1.52. The van der Waals surface area contributed by atoms with Gasteiger partial charge in [-0.3, -0.25) is 4.99 Å². The highest BCUT2D eigenvalue weighted by atomic mass is 32.2. The molecule has 1 aromatic rings. The molecule has 0 aromatic heterocycles. The van der Waals surface area contributed by atoms with E-state index in [2.05, 4.69) is 15.6 Å². The Morgan fingerprint density at radius 3 is 2.40 bits per heavy atom. The topological polar surface area (TPSA) is 92.3 Å². The number of nitrogens with zero attached hydrogens (tertiary/aromatic N) is 2. The van der Waals surface area contributed by atoms with Crippen LogP contribution in [-0.4, -0.2) is 70.9 Å². The minimum atomic E-state index is -3.13. The summed E-state index contributed by atoms with van der Waals surface area (Å²) in [5.74, 6) is 2.38. The summed E-state index contributed by atoms with van der Waals surface area (Å²) in [5.41, 5.74) is 1.15. The third-order valence-corrected chi connectivity index (χ3v) is 6.26. The van der Waals surface area contributed by atoms with Crippen molar-refractivity contribution in [3.8, 4) is 11.5 Å². The lowest BCUT2D eigenvalue weighted by atomic mass is 10.1. The quantitative estimate of drug-likeness (QED) is 0.261. The molecule has 9 heteroatoms. The Hall–Kier alpha value is -2.00. The minimum Gasteiger partial charge on any atom is -0.490 e. The van der Waals surface area contributed by atoms with Crippen molar-refractivity contribution in [1.29, 1.82) is 0 Å². The fourth-order valence-corrected chi connectivity index (χ4v) is 3.61. The second-order valence-electron chi connectivity index (χ2n) is 6.66. The molecule has 0 amide bonds. The van der Waals surface area contributed by atoms with E-state index in [1.165, 1.54) is 4.31 Å². The van der Waals surface area contributed by atoms with Crippen molar-refractivity contribution in [1.82, 2.24) is 14.9 Å². The Morgan fingerprint density at radius 1 is 1.07 bits per heavy atom. The van der Waals surface area contributed by atoms with Crippen molar-refractivity contribution in [2.24, 2.45) is 4.99 Å². The first-order valence-electron chi connectivity index (χ1n) is 10.7. The molecule has 0 fully saturated rings. The highest BCUT2D eigenvalue weighted by molar-refractivity contribution is 7.89. The van der Waals surface area contributed by atoms with Gasteiger partial charge in [0.2, 0.25) is 10.0 Å². The van der Waals surface area contributed by atoms with Gasteiger partial charge in [0.05, 0.1) is 19.0 Å². The molecule has 8 nitrogen and oxygen atoms in total. The molecule has 0 saturated carbocycles. The third kappa shape index (κ3) is 9.21. The molecule has 2 N–H and O–H groups in total. The van der Waals surface area contributed by atoms with E-state index in [1.54, 1.807) is 14.0 Å². The third-order valence-electron chi connectivity index (χ3n) is 4.40. The average Bonchev–Trinajstić information content (AvgIpc) is 2.73. The fourth-order valence-electron chi connectivity index (χ4n) is 2.76. The summed E-state index contributed by atoms with van der Waals surface area (Å²) in [5, 5.41) is 6.54. The normalized spacial score (nSPS) is 12.1. The molecule has 0 bridgehead atoms. The molecule has 0 heterocycles. The summed E-state index contributed by atoms with van der Waals surface area (Å²) in [6.45, 7) is 11.3. The van der Waals surface area contributed by atoms with Crippen LogP contribution in [0.25, 0.3) is 0 Å². The molecular weight excluding hydrogens is 404 g/mol. The molecule has 0 unspecified atom stereocenters. The maximum absolute atomic E-state index is 11.8. The van der Waals surface area contributed by atoms with Crippen molar-refractivity contribution in [2.75, 3.05) is 52.2 Å². The van der Waals surface area contributed by atoms with Crippen LogP contribution in [0, 0.1) is 0 Å². The van der Waals surface area contributed by atoms with Crippen LogP contribution in [0.4, 0.5) is 0 Å². The van der Waals surface area contributed by atoms with Gasteiger partial charge < -0.3 is 20.1 Å². The van der Waals surface area contributed by atoms with Gasteiger partial charge >= 0.3 is 0 Å². The van der Waals surface area contributed by atoms with Crippen molar-refractivity contribution < 1.29 is 17.9 Å². The van der Waals surface area contributed by atoms with E-state index >= 15 is 0 Å². The molecular formula is C21H38N4O4S. The van der Waals surface area contributed by atoms with Gasteiger partial charge in [0.15, 0.2) is 17.5 Å². The highest BCUT2D eigenvalue weighted by Crippen LogP contribution is 2.28. The first-order valence-corrected chi connectivity index (χ1v) is 12.3. The molecule has 1 aromatic carbocycles. The zero-order valence-electron chi connectivity index (χ0n) is 19.0. The number of guanidine groups is 1. The Bertz CT molecular complexity index is 753. The molecule has 172 valence electrons. The maximum atomic E-state index is 11.8. The van der Waals surface area contributed by atoms with Gasteiger partial charge in [-0.05, 0) is 58.2 Å². The van der Waals surface area contributed by atoms with E-state index in [0.29, 0.717) is 32.7 Å². The van der Waals surface area contributed by atoms with Crippen LogP contribution in [0.5, 0.6) is 11.5 Å². The molecule has 0 atom stereocenters. The SMILES string of the molecule is CCNC(=NCCCN(C)S(=O)(=O)CC)NCCc1ccc(OCC)c(OCC)c1. The van der Waals surface area contributed by atoms with Crippen LogP contribution < -0.4 is 20.1 Å². The summed E-state index contributed by atoms with van der Waals surface area (Å²) < 4.78 is 36.2. The fraction of sp³-hybridized carbons (Fsp3) is 0.667. The minimum absolute atomic E-state index is 0.119. The summed E-state index contributed by atoms with van der Waals surface area (Å²) in [6, 6.07) is 6.01. The zero-order chi connectivity index (χ0) is 22.4. The number of sulfonamides is 1. The summed E-state index contributed by atoms with van der Waals surface area (Å²) in [4.78, 5) is 4.54. The standard InChI is InChI=1S/C21H38N4O4S/c1-6-22-21(23-14-10-16-25(5)30(26,27)9-4)24-15-13-18-11-12-19(28-7-2)20(17-18)29-8-3/h11-12,17H,6-10,13-16H2,1-5H3,(H2,22,23,24). The lowest BCUT2D eigenvalue weighted by Gasteiger charge is -2.16. The van der Waals surface area contributed by atoms with E-state index in [4.69, 9.17) is 9.47 Å². The van der Waals surface area contributed by atoms with Gasteiger partial charge in [0.1, 0.15) is 0 Å². The summed E-state index contributed by atoms with van der Waals surface area (Å²) in [6.07, 6.45) is 1.48. The maximum Gasteiger partial charge on any atom is 0.213 e. The number of benzene rings is 1. The number of ether oxygens (including phenoxy) is 2. The predicted molar refractivity (Wildman–Crippen MR) is 123 cm³/mol. The number of nitrogens with one attached hydrogen (secondary N) is 2. The smallest absolute Gasteiger partial charge is 0.213 e. The van der Waals surface area contributed by atoms with Gasteiger partial charge in [-0.25, -0.2) is 12.7 Å². The first kappa shape index (κ1) is 26.0. The van der Waals surface area contributed by atoms with Crippen LogP contribution in [0.15, 0.2) is 23.2 Å². The Morgan fingerprint density at radius 2 is 1.77 bits per heavy atom. The van der Waals surface area contributed by atoms with E-state index in [-0.39, 0.29) is 5.75 Å². The molecule has 0 aliphatic carbocycles. The van der Waals surface area contributed by atoms with Crippen LogP contribution in [-0.2, 0) is 16.4 Å².